The zero-order chi connectivity index (χ0) is 24.0. The van der Waals surface area contributed by atoms with Crippen LogP contribution >= 0.6 is 0 Å². The van der Waals surface area contributed by atoms with E-state index in [9.17, 15) is 4.79 Å². The van der Waals surface area contributed by atoms with Gasteiger partial charge in [0.25, 0.3) is 0 Å². The van der Waals surface area contributed by atoms with Gasteiger partial charge < -0.3 is 0 Å². The summed E-state index contributed by atoms with van der Waals surface area (Å²) in [6, 6.07) is 32.3. The second-order valence-electron chi connectivity index (χ2n) is 6.64. The molecule has 0 unspecified atom stereocenters. The highest BCUT2D eigenvalue weighted by Gasteiger charge is 2.11. The molecule has 0 aliphatic heterocycles. The van der Waals surface area contributed by atoms with Crippen LogP contribution in [0.5, 0.6) is 0 Å². The Labute approximate surface area is 195 Å². The Morgan fingerprint density at radius 1 is 0.719 bits per heavy atom. The van der Waals surface area contributed by atoms with E-state index < -0.39 is 0 Å². The van der Waals surface area contributed by atoms with Gasteiger partial charge in [-0.15, -0.1) is 0 Å². The van der Waals surface area contributed by atoms with E-state index in [1.54, 1.807) is 0 Å². The van der Waals surface area contributed by atoms with Crippen molar-refractivity contribution in [2.75, 3.05) is 6.54 Å². The molecule has 0 heterocycles. The summed E-state index contributed by atoms with van der Waals surface area (Å²) in [6.45, 7) is 11.8. The number of nitrogens with zero attached hydrogens (tertiary/aromatic N) is 2. The summed E-state index contributed by atoms with van der Waals surface area (Å²) in [7, 11) is 0. The van der Waals surface area contributed by atoms with E-state index in [2.05, 4.69) is 24.0 Å². The normalized spacial score (nSPS) is 9.03. The molecule has 0 aliphatic rings. The summed E-state index contributed by atoms with van der Waals surface area (Å²) in [5.41, 5.74) is 3.65. The first-order valence-electron chi connectivity index (χ1n) is 11.4. The van der Waals surface area contributed by atoms with E-state index in [-0.39, 0.29) is 12.2 Å². The zero-order valence-corrected chi connectivity index (χ0v) is 20.3. The van der Waals surface area contributed by atoms with E-state index >= 15 is 0 Å². The zero-order valence-electron chi connectivity index (χ0n) is 20.3. The summed E-state index contributed by atoms with van der Waals surface area (Å²) < 4.78 is 0. The molecule has 0 amide bonds. The molecule has 0 saturated heterocycles. The third-order valence-corrected chi connectivity index (χ3v) is 4.11. The molecular weight excluding hydrogens is 392 g/mol. The van der Waals surface area contributed by atoms with E-state index in [0.29, 0.717) is 19.6 Å². The number of aryl methyl sites for hydroxylation is 1. The number of benzene rings is 3. The molecule has 3 aromatic rings. The van der Waals surface area contributed by atoms with Gasteiger partial charge in [-0.1, -0.05) is 124 Å². The van der Waals surface area contributed by atoms with Gasteiger partial charge in [-0.2, -0.15) is 5.26 Å². The lowest BCUT2D eigenvalue weighted by atomic mass is 10.1. The second kappa shape index (κ2) is 19.7. The number of Topliss-reactive ketones (excluding diaryl/α,β-unsaturated/α-hetero) is 1. The van der Waals surface area contributed by atoms with Crippen molar-refractivity contribution in [2.45, 2.75) is 54.1 Å². The highest BCUT2D eigenvalue weighted by atomic mass is 16.1. The molecule has 170 valence electrons. The first-order chi connectivity index (χ1) is 15.7. The van der Waals surface area contributed by atoms with Crippen LogP contribution in [-0.4, -0.2) is 17.2 Å². The number of carbonyl (C=O) groups is 1. The summed E-state index contributed by atoms with van der Waals surface area (Å²) >= 11 is 0. The van der Waals surface area contributed by atoms with Crippen LogP contribution in [0.4, 0.5) is 0 Å². The van der Waals surface area contributed by atoms with Gasteiger partial charge in [0.05, 0.1) is 19.0 Å². The first kappa shape index (κ1) is 28.8. The summed E-state index contributed by atoms with van der Waals surface area (Å²) in [4.78, 5) is 13.8. The Bertz CT molecular complexity index is 814. The lowest BCUT2D eigenvalue weighted by molar-refractivity contribution is -0.119. The van der Waals surface area contributed by atoms with Crippen molar-refractivity contribution in [3.63, 3.8) is 0 Å². The Hall–Kier alpha value is -3.22. The van der Waals surface area contributed by atoms with Gasteiger partial charge in [-0.3, -0.25) is 9.69 Å². The maximum atomic E-state index is 11.8. The van der Waals surface area contributed by atoms with E-state index in [1.807, 2.05) is 113 Å². The van der Waals surface area contributed by atoms with Gasteiger partial charge in [0, 0.05) is 13.1 Å². The standard InChI is InChI=1S/C18H18N2O.C7H8.2C2H6/c19-12-11-18(21)15-20(13-16-7-3-1-4-8-16)14-17-9-5-2-6-10-17;1-7-5-3-2-4-6-7;2*1-2/h1-10H,11,13-15H2;2-6H,1H3;2*1-2H3. The molecule has 0 N–H and O–H groups in total. The second-order valence-corrected chi connectivity index (χ2v) is 6.64. The molecule has 0 saturated carbocycles. The molecule has 3 aromatic carbocycles. The number of hydrogen-bond donors (Lipinski definition) is 0. The van der Waals surface area contributed by atoms with E-state index in [0.717, 1.165) is 11.1 Å². The number of ketones is 1. The van der Waals surface area contributed by atoms with E-state index in [4.69, 9.17) is 5.26 Å². The number of hydrogen-bond acceptors (Lipinski definition) is 3. The maximum Gasteiger partial charge on any atom is 0.160 e. The molecule has 3 heteroatoms. The van der Waals surface area contributed by atoms with Crippen LogP contribution < -0.4 is 0 Å². The molecule has 0 spiro atoms. The van der Waals surface area contributed by atoms with Gasteiger partial charge in [0.15, 0.2) is 5.78 Å². The van der Waals surface area contributed by atoms with Crippen LogP contribution in [0.2, 0.25) is 0 Å². The van der Waals surface area contributed by atoms with Gasteiger partial charge >= 0.3 is 0 Å². The lowest BCUT2D eigenvalue weighted by Crippen LogP contribution is -2.29. The quantitative estimate of drug-likeness (QED) is 0.397. The molecule has 0 atom stereocenters. The summed E-state index contributed by atoms with van der Waals surface area (Å²) in [5, 5.41) is 8.64. The average Bonchev–Trinajstić information content (AvgIpc) is 2.84. The van der Waals surface area contributed by atoms with Crippen molar-refractivity contribution in [1.82, 2.24) is 4.90 Å². The molecule has 0 bridgehead atoms. The number of carbonyl (C=O) groups excluding carboxylic acids is 1. The van der Waals surface area contributed by atoms with Crippen LogP contribution in [0.3, 0.4) is 0 Å². The highest BCUT2D eigenvalue weighted by Crippen LogP contribution is 2.10. The van der Waals surface area contributed by atoms with Crippen molar-refractivity contribution in [2.24, 2.45) is 0 Å². The third kappa shape index (κ3) is 13.9. The monoisotopic (exact) mass is 430 g/mol. The van der Waals surface area contributed by atoms with Crippen molar-refractivity contribution >= 4 is 5.78 Å². The molecule has 0 radical (unpaired) electrons. The average molecular weight is 431 g/mol. The smallest absolute Gasteiger partial charge is 0.160 e. The van der Waals surface area contributed by atoms with Crippen molar-refractivity contribution in [3.05, 3.63) is 108 Å². The fourth-order valence-electron chi connectivity index (χ4n) is 2.78. The van der Waals surface area contributed by atoms with Crippen molar-refractivity contribution in [3.8, 4) is 6.07 Å². The van der Waals surface area contributed by atoms with Crippen molar-refractivity contribution < 1.29 is 4.79 Å². The fraction of sp³-hybridized carbons (Fsp3) is 0.310. The topological polar surface area (TPSA) is 44.1 Å². The molecule has 0 aromatic heterocycles. The van der Waals surface area contributed by atoms with Crippen LogP contribution in [0.15, 0.2) is 91.0 Å². The summed E-state index contributed by atoms with van der Waals surface area (Å²) in [6.07, 6.45) is -0.0277. The molecular formula is C29H38N2O. The maximum absolute atomic E-state index is 11.8. The Morgan fingerprint density at radius 2 is 1.09 bits per heavy atom. The molecule has 3 nitrogen and oxygen atoms in total. The van der Waals surface area contributed by atoms with E-state index in [1.165, 1.54) is 5.56 Å². The molecule has 0 aliphatic carbocycles. The highest BCUT2D eigenvalue weighted by molar-refractivity contribution is 5.82. The lowest BCUT2D eigenvalue weighted by Gasteiger charge is -2.21. The number of nitriles is 1. The minimum absolute atomic E-state index is 0.0277. The predicted molar refractivity (Wildman–Crippen MR) is 136 cm³/mol. The Balaban J connectivity index is 0.000000727. The number of rotatable bonds is 7. The van der Waals surface area contributed by atoms with Crippen molar-refractivity contribution in [1.29, 1.82) is 5.26 Å². The Morgan fingerprint density at radius 3 is 1.41 bits per heavy atom. The van der Waals surface area contributed by atoms with Crippen LogP contribution in [0.25, 0.3) is 0 Å². The molecule has 32 heavy (non-hydrogen) atoms. The van der Waals surface area contributed by atoms with Crippen LogP contribution in [0.1, 0.15) is 50.8 Å². The van der Waals surface area contributed by atoms with Gasteiger partial charge in [-0.25, -0.2) is 0 Å². The minimum atomic E-state index is -0.0376. The fourth-order valence-corrected chi connectivity index (χ4v) is 2.78. The van der Waals surface area contributed by atoms with Gasteiger partial charge in [0.2, 0.25) is 0 Å². The Kier molecular flexibility index (Phi) is 17.7. The van der Waals surface area contributed by atoms with Crippen LogP contribution in [-0.2, 0) is 17.9 Å². The third-order valence-electron chi connectivity index (χ3n) is 4.11. The summed E-state index contributed by atoms with van der Waals surface area (Å²) in [5.74, 6) is -0.0376. The molecule has 0 fully saturated rings. The minimum Gasteiger partial charge on any atom is -0.297 e. The van der Waals surface area contributed by atoms with Crippen LogP contribution in [0, 0.1) is 18.3 Å². The predicted octanol–water partition coefficient (Wildman–Crippen LogP) is 7.22. The first-order valence-corrected chi connectivity index (χ1v) is 11.4. The van der Waals surface area contributed by atoms with Gasteiger partial charge in [0.1, 0.15) is 0 Å². The SMILES string of the molecule is CC.CC.Cc1ccccc1.N#CCC(=O)CN(Cc1ccccc1)Cc1ccccc1. The van der Waals surface area contributed by atoms with Gasteiger partial charge in [-0.05, 0) is 18.1 Å². The largest absolute Gasteiger partial charge is 0.297 e. The molecule has 3 rings (SSSR count).